The van der Waals surface area contributed by atoms with Crippen LogP contribution in [0.25, 0.3) is 0 Å². The lowest BCUT2D eigenvalue weighted by molar-refractivity contribution is -0.122. The Hall–Kier alpha value is -2.22. The molecule has 17 heavy (non-hydrogen) atoms. The molecule has 0 fully saturated rings. The Kier molecular flexibility index (Phi) is 4.35. The molecule has 0 aliphatic heterocycles. The Labute approximate surface area is 100 Å². The van der Waals surface area contributed by atoms with Crippen molar-refractivity contribution in [1.29, 1.82) is 5.26 Å². The summed E-state index contributed by atoms with van der Waals surface area (Å²) in [4.78, 5) is 11.2. The van der Waals surface area contributed by atoms with Gasteiger partial charge in [-0.3, -0.25) is 4.79 Å². The molecule has 0 unspecified atom stereocenters. The molecule has 0 heterocycles. The molecule has 0 aliphatic carbocycles. The quantitative estimate of drug-likeness (QED) is 0.597. The Morgan fingerprint density at radius 1 is 1.47 bits per heavy atom. The van der Waals surface area contributed by atoms with Crippen molar-refractivity contribution in [3.05, 3.63) is 23.3 Å². The normalized spacial score (nSPS) is 9.47. The van der Waals surface area contributed by atoms with Gasteiger partial charge in [-0.1, -0.05) is 0 Å². The number of hydrogen-bond donors (Lipinski definition) is 2. The highest BCUT2D eigenvalue weighted by molar-refractivity contribution is 5.77. The van der Waals surface area contributed by atoms with Crippen molar-refractivity contribution in [2.75, 3.05) is 18.9 Å². The van der Waals surface area contributed by atoms with E-state index in [1.807, 2.05) is 19.9 Å². The van der Waals surface area contributed by atoms with E-state index >= 15 is 0 Å². The number of carbonyl (C=O) groups excluding carboxylic acids is 1. The Morgan fingerprint density at radius 3 is 2.82 bits per heavy atom. The summed E-state index contributed by atoms with van der Waals surface area (Å²) in [5.41, 5.74) is 8.22. The lowest BCUT2D eigenvalue weighted by Crippen LogP contribution is -2.29. The van der Waals surface area contributed by atoms with Crippen molar-refractivity contribution in [2.24, 2.45) is 0 Å². The molecular formula is C12H15N3O2. The van der Waals surface area contributed by atoms with E-state index in [4.69, 9.17) is 15.7 Å². The number of nitriles is 1. The number of benzene rings is 1. The van der Waals surface area contributed by atoms with Crippen LogP contribution >= 0.6 is 0 Å². The molecule has 0 saturated heterocycles. The first-order valence-corrected chi connectivity index (χ1v) is 5.17. The summed E-state index contributed by atoms with van der Waals surface area (Å²) in [5.74, 6) is 0.309. The minimum Gasteiger partial charge on any atom is -0.483 e. The van der Waals surface area contributed by atoms with Crippen molar-refractivity contribution < 1.29 is 9.53 Å². The summed E-state index contributed by atoms with van der Waals surface area (Å²) in [6.07, 6.45) is 0. The van der Waals surface area contributed by atoms with Gasteiger partial charge in [-0.05, 0) is 37.1 Å². The Balaban J connectivity index is 2.61. The highest BCUT2D eigenvalue weighted by Gasteiger charge is 2.06. The molecular weight excluding hydrogens is 218 g/mol. The van der Waals surface area contributed by atoms with E-state index in [0.717, 1.165) is 11.1 Å². The molecule has 90 valence electrons. The lowest BCUT2D eigenvalue weighted by atomic mass is 10.1. The third kappa shape index (κ3) is 3.68. The number of amides is 1. The maximum atomic E-state index is 11.2. The van der Waals surface area contributed by atoms with E-state index in [0.29, 0.717) is 11.4 Å². The standard InChI is InChI=1S/C12H15N3O2/c1-8-6-11(9(2)5-10(8)14)17-7-12(16)15-4-3-13/h5-6H,4,7,14H2,1-2H3,(H,15,16). The van der Waals surface area contributed by atoms with Crippen LogP contribution in [0.1, 0.15) is 11.1 Å². The number of nitrogens with zero attached hydrogens (tertiary/aromatic N) is 1. The number of nitrogens with one attached hydrogen (secondary N) is 1. The average molecular weight is 233 g/mol. The number of nitrogens with two attached hydrogens (primary N) is 1. The maximum Gasteiger partial charge on any atom is 0.258 e. The summed E-state index contributed by atoms with van der Waals surface area (Å²) in [6.45, 7) is 3.61. The number of hydrogen-bond acceptors (Lipinski definition) is 4. The predicted octanol–water partition coefficient (Wildman–Crippen LogP) is 0.904. The second kappa shape index (κ2) is 5.75. The first kappa shape index (κ1) is 12.8. The lowest BCUT2D eigenvalue weighted by Gasteiger charge is -2.11. The van der Waals surface area contributed by atoms with Gasteiger partial charge < -0.3 is 15.8 Å². The summed E-state index contributed by atoms with van der Waals surface area (Å²) >= 11 is 0. The van der Waals surface area contributed by atoms with Gasteiger partial charge in [0, 0.05) is 5.69 Å². The fourth-order valence-electron chi connectivity index (χ4n) is 1.30. The second-order valence-corrected chi connectivity index (χ2v) is 3.70. The minimum absolute atomic E-state index is 0.0120. The third-order valence-electron chi connectivity index (χ3n) is 2.29. The summed E-state index contributed by atoms with van der Waals surface area (Å²) in [5, 5.41) is 10.7. The van der Waals surface area contributed by atoms with Gasteiger partial charge in [-0.2, -0.15) is 5.26 Å². The monoisotopic (exact) mass is 233 g/mol. The van der Waals surface area contributed by atoms with Crippen LogP contribution in [0, 0.1) is 25.2 Å². The third-order valence-corrected chi connectivity index (χ3v) is 2.29. The molecule has 5 heteroatoms. The fourth-order valence-corrected chi connectivity index (χ4v) is 1.30. The SMILES string of the molecule is Cc1cc(OCC(=O)NCC#N)c(C)cc1N. The molecule has 0 saturated carbocycles. The number of rotatable bonds is 4. The van der Waals surface area contributed by atoms with Gasteiger partial charge in [-0.25, -0.2) is 0 Å². The molecule has 1 amide bonds. The van der Waals surface area contributed by atoms with E-state index < -0.39 is 0 Å². The van der Waals surface area contributed by atoms with Crippen molar-refractivity contribution in [1.82, 2.24) is 5.32 Å². The van der Waals surface area contributed by atoms with E-state index in [1.54, 1.807) is 12.1 Å². The number of anilines is 1. The maximum absolute atomic E-state index is 11.2. The fraction of sp³-hybridized carbons (Fsp3) is 0.333. The summed E-state index contributed by atoms with van der Waals surface area (Å²) < 4.78 is 5.35. The first-order chi connectivity index (χ1) is 8.04. The summed E-state index contributed by atoms with van der Waals surface area (Å²) in [7, 11) is 0. The Bertz CT molecular complexity index is 464. The van der Waals surface area contributed by atoms with Crippen LogP contribution in [-0.4, -0.2) is 19.1 Å². The highest BCUT2D eigenvalue weighted by Crippen LogP contribution is 2.23. The average Bonchev–Trinajstić information content (AvgIpc) is 2.29. The number of aryl methyl sites for hydroxylation is 2. The van der Waals surface area contributed by atoms with Crippen LogP contribution in [0.15, 0.2) is 12.1 Å². The predicted molar refractivity (Wildman–Crippen MR) is 64.4 cm³/mol. The molecule has 0 atom stereocenters. The first-order valence-electron chi connectivity index (χ1n) is 5.17. The molecule has 1 aromatic carbocycles. The van der Waals surface area contributed by atoms with Crippen molar-refractivity contribution in [3.63, 3.8) is 0 Å². The second-order valence-electron chi connectivity index (χ2n) is 3.70. The van der Waals surface area contributed by atoms with E-state index in [1.165, 1.54) is 0 Å². The number of carbonyl (C=O) groups is 1. The van der Waals surface area contributed by atoms with Gasteiger partial charge in [0.05, 0.1) is 6.07 Å². The van der Waals surface area contributed by atoms with E-state index in [-0.39, 0.29) is 19.1 Å². The van der Waals surface area contributed by atoms with Gasteiger partial charge >= 0.3 is 0 Å². The number of ether oxygens (including phenoxy) is 1. The van der Waals surface area contributed by atoms with Crippen molar-refractivity contribution in [2.45, 2.75) is 13.8 Å². The molecule has 5 nitrogen and oxygen atoms in total. The summed E-state index contributed by atoms with van der Waals surface area (Å²) in [6, 6.07) is 5.42. The van der Waals surface area contributed by atoms with E-state index in [9.17, 15) is 4.79 Å². The van der Waals surface area contributed by atoms with Gasteiger partial charge in [0.25, 0.3) is 5.91 Å². The highest BCUT2D eigenvalue weighted by atomic mass is 16.5. The molecule has 0 aromatic heterocycles. The molecule has 3 N–H and O–H groups in total. The van der Waals surface area contributed by atoms with Crippen LogP contribution < -0.4 is 15.8 Å². The van der Waals surface area contributed by atoms with Crippen LogP contribution in [0.2, 0.25) is 0 Å². The molecule has 0 radical (unpaired) electrons. The smallest absolute Gasteiger partial charge is 0.258 e. The zero-order valence-electron chi connectivity index (χ0n) is 9.91. The molecule has 1 aromatic rings. The van der Waals surface area contributed by atoms with Gasteiger partial charge in [-0.15, -0.1) is 0 Å². The van der Waals surface area contributed by atoms with Crippen LogP contribution in [-0.2, 0) is 4.79 Å². The largest absolute Gasteiger partial charge is 0.483 e. The van der Waals surface area contributed by atoms with Crippen LogP contribution in [0.3, 0.4) is 0 Å². The molecule has 0 aliphatic rings. The molecule has 0 spiro atoms. The Morgan fingerprint density at radius 2 is 2.18 bits per heavy atom. The minimum atomic E-state index is -0.319. The van der Waals surface area contributed by atoms with Crippen molar-refractivity contribution >= 4 is 11.6 Å². The topological polar surface area (TPSA) is 88.1 Å². The number of nitrogen functional groups attached to an aromatic ring is 1. The van der Waals surface area contributed by atoms with Gasteiger partial charge in [0.15, 0.2) is 6.61 Å². The van der Waals surface area contributed by atoms with Crippen LogP contribution in [0.5, 0.6) is 5.75 Å². The zero-order chi connectivity index (χ0) is 12.8. The molecule has 0 bridgehead atoms. The van der Waals surface area contributed by atoms with Crippen LogP contribution in [0.4, 0.5) is 5.69 Å². The van der Waals surface area contributed by atoms with Gasteiger partial charge in [0.2, 0.25) is 0 Å². The molecule has 1 rings (SSSR count). The van der Waals surface area contributed by atoms with Gasteiger partial charge in [0.1, 0.15) is 12.3 Å². The van der Waals surface area contributed by atoms with E-state index in [2.05, 4.69) is 5.32 Å². The zero-order valence-corrected chi connectivity index (χ0v) is 9.91. The van der Waals surface area contributed by atoms with Crippen molar-refractivity contribution in [3.8, 4) is 11.8 Å².